The summed E-state index contributed by atoms with van der Waals surface area (Å²) in [5.41, 5.74) is 0. The molecule has 1 heterocycles. The Morgan fingerprint density at radius 2 is 2.20 bits per heavy atom. The molecule has 0 bridgehead atoms. The molecule has 0 aliphatic heterocycles. The van der Waals surface area contributed by atoms with Crippen LogP contribution in [0.15, 0.2) is 12.4 Å². The van der Waals surface area contributed by atoms with Gasteiger partial charge in [0.1, 0.15) is 0 Å². The summed E-state index contributed by atoms with van der Waals surface area (Å²) >= 11 is 4.16. The molecule has 0 saturated carbocycles. The van der Waals surface area contributed by atoms with Crippen molar-refractivity contribution in [3.8, 4) is 5.75 Å². The molecular weight excluding hydrogens is 208 g/mol. The topological polar surface area (TPSA) is 27.1 Å². The lowest BCUT2D eigenvalue weighted by Crippen LogP contribution is -2.00. The molecule has 0 atom stereocenters. The van der Waals surface area contributed by atoms with Gasteiger partial charge in [0.15, 0.2) is 5.75 Å². The highest BCUT2D eigenvalue weighted by atomic mass is 32.1. The SMILES string of the molecule is CC(C)n1cc(OCCCCCS)cn1. The summed E-state index contributed by atoms with van der Waals surface area (Å²) in [6, 6.07) is 0.395. The van der Waals surface area contributed by atoms with Gasteiger partial charge in [0.2, 0.25) is 0 Å². The largest absolute Gasteiger partial charge is 0.490 e. The second-order valence-corrected chi connectivity index (χ2v) is 4.33. The standard InChI is InChI=1S/C11H20N2OS/c1-10(2)13-9-11(8-12-13)14-6-4-3-5-7-15/h8-10,15H,3-7H2,1-2H3. The summed E-state index contributed by atoms with van der Waals surface area (Å²) in [4.78, 5) is 0. The van der Waals surface area contributed by atoms with Gasteiger partial charge in [-0.25, -0.2) is 0 Å². The number of rotatable bonds is 7. The molecule has 0 saturated heterocycles. The van der Waals surface area contributed by atoms with E-state index < -0.39 is 0 Å². The molecule has 0 N–H and O–H groups in total. The number of ether oxygens (including phenoxy) is 1. The molecule has 1 aromatic rings. The normalized spacial score (nSPS) is 10.9. The molecule has 3 nitrogen and oxygen atoms in total. The predicted octanol–water partition coefficient (Wildman–Crippen LogP) is 2.94. The molecule has 1 aromatic heterocycles. The number of thiol groups is 1. The predicted molar refractivity (Wildman–Crippen MR) is 65.8 cm³/mol. The van der Waals surface area contributed by atoms with Crippen LogP contribution in [0.4, 0.5) is 0 Å². The lowest BCUT2D eigenvalue weighted by atomic mass is 10.3. The first-order valence-corrected chi connectivity index (χ1v) is 6.15. The van der Waals surface area contributed by atoms with E-state index in [1.807, 2.05) is 10.9 Å². The maximum atomic E-state index is 5.58. The number of unbranched alkanes of at least 4 members (excludes halogenated alkanes) is 2. The van der Waals surface area contributed by atoms with Crippen molar-refractivity contribution in [2.45, 2.75) is 39.2 Å². The Balaban J connectivity index is 2.20. The molecule has 0 aromatic carbocycles. The molecule has 0 radical (unpaired) electrons. The molecule has 1 rings (SSSR count). The molecule has 0 aliphatic rings. The number of hydrogen-bond acceptors (Lipinski definition) is 3. The fourth-order valence-electron chi connectivity index (χ4n) is 1.26. The van der Waals surface area contributed by atoms with Crippen LogP contribution < -0.4 is 4.74 Å². The summed E-state index contributed by atoms with van der Waals surface area (Å²) in [6.45, 7) is 4.98. The van der Waals surface area contributed by atoms with Crippen LogP contribution >= 0.6 is 12.6 Å². The average molecular weight is 228 g/mol. The molecule has 0 spiro atoms. The highest BCUT2D eigenvalue weighted by Crippen LogP contribution is 2.12. The van der Waals surface area contributed by atoms with Gasteiger partial charge in [-0.1, -0.05) is 0 Å². The maximum Gasteiger partial charge on any atom is 0.157 e. The first-order chi connectivity index (χ1) is 7.24. The molecule has 0 aliphatic carbocycles. The van der Waals surface area contributed by atoms with Gasteiger partial charge in [-0.15, -0.1) is 0 Å². The van der Waals surface area contributed by atoms with Gasteiger partial charge in [-0.2, -0.15) is 17.7 Å². The third kappa shape index (κ3) is 4.60. The zero-order valence-electron chi connectivity index (χ0n) is 9.52. The van der Waals surface area contributed by atoms with Gasteiger partial charge in [-0.3, -0.25) is 4.68 Å². The van der Waals surface area contributed by atoms with Crippen molar-refractivity contribution < 1.29 is 4.74 Å². The van der Waals surface area contributed by atoms with Crippen molar-refractivity contribution in [1.29, 1.82) is 0 Å². The van der Waals surface area contributed by atoms with Gasteiger partial charge >= 0.3 is 0 Å². The van der Waals surface area contributed by atoms with Crippen LogP contribution in [0, 0.1) is 0 Å². The van der Waals surface area contributed by atoms with E-state index in [2.05, 4.69) is 31.6 Å². The molecular formula is C11H20N2OS. The lowest BCUT2D eigenvalue weighted by molar-refractivity contribution is 0.306. The molecule has 15 heavy (non-hydrogen) atoms. The maximum absolute atomic E-state index is 5.58. The molecule has 86 valence electrons. The van der Waals surface area contributed by atoms with Crippen molar-refractivity contribution >= 4 is 12.6 Å². The van der Waals surface area contributed by atoms with Crippen LogP contribution in [0.3, 0.4) is 0 Å². The minimum Gasteiger partial charge on any atom is -0.490 e. The first kappa shape index (κ1) is 12.4. The Bertz CT molecular complexity index is 273. The second-order valence-electron chi connectivity index (χ2n) is 3.88. The fourth-order valence-corrected chi connectivity index (χ4v) is 1.48. The fraction of sp³-hybridized carbons (Fsp3) is 0.727. The van der Waals surface area contributed by atoms with Crippen molar-refractivity contribution in [3.05, 3.63) is 12.4 Å². The summed E-state index contributed by atoms with van der Waals surface area (Å²) in [7, 11) is 0. The molecule has 0 fully saturated rings. The monoisotopic (exact) mass is 228 g/mol. The highest BCUT2D eigenvalue weighted by Gasteiger charge is 2.01. The third-order valence-electron chi connectivity index (χ3n) is 2.18. The van der Waals surface area contributed by atoms with E-state index in [1.54, 1.807) is 6.20 Å². The second kappa shape index (κ2) is 6.77. The third-order valence-corrected chi connectivity index (χ3v) is 2.49. The van der Waals surface area contributed by atoms with Crippen LogP contribution in [0.2, 0.25) is 0 Å². The van der Waals surface area contributed by atoms with Crippen LogP contribution in [0.5, 0.6) is 5.75 Å². The van der Waals surface area contributed by atoms with E-state index in [0.717, 1.165) is 31.0 Å². The zero-order chi connectivity index (χ0) is 11.1. The van der Waals surface area contributed by atoms with Gasteiger partial charge in [0, 0.05) is 6.04 Å². The Labute approximate surface area is 97.2 Å². The Morgan fingerprint density at radius 3 is 2.80 bits per heavy atom. The minimum absolute atomic E-state index is 0.395. The lowest BCUT2D eigenvalue weighted by Gasteiger charge is -2.04. The van der Waals surface area contributed by atoms with Crippen LogP contribution in [-0.2, 0) is 0 Å². The molecule has 4 heteroatoms. The molecule has 0 amide bonds. The van der Waals surface area contributed by atoms with Gasteiger partial charge in [0.05, 0.1) is 19.0 Å². The van der Waals surface area contributed by atoms with Crippen molar-refractivity contribution in [2.75, 3.05) is 12.4 Å². The smallest absolute Gasteiger partial charge is 0.157 e. The van der Waals surface area contributed by atoms with E-state index in [1.165, 1.54) is 6.42 Å². The number of aromatic nitrogens is 2. The van der Waals surface area contributed by atoms with Crippen LogP contribution in [0.1, 0.15) is 39.2 Å². The zero-order valence-corrected chi connectivity index (χ0v) is 10.4. The van der Waals surface area contributed by atoms with E-state index in [-0.39, 0.29) is 0 Å². The summed E-state index contributed by atoms with van der Waals surface area (Å²) in [5.74, 6) is 1.83. The van der Waals surface area contributed by atoms with E-state index >= 15 is 0 Å². The average Bonchev–Trinajstić information content (AvgIpc) is 2.66. The Hall–Kier alpha value is -0.640. The van der Waals surface area contributed by atoms with Crippen LogP contribution in [-0.4, -0.2) is 22.1 Å². The summed E-state index contributed by atoms with van der Waals surface area (Å²) in [6.07, 6.45) is 7.16. The van der Waals surface area contributed by atoms with Gasteiger partial charge in [-0.05, 0) is 38.9 Å². The quantitative estimate of drug-likeness (QED) is 0.574. The first-order valence-electron chi connectivity index (χ1n) is 5.52. The van der Waals surface area contributed by atoms with E-state index in [0.29, 0.717) is 6.04 Å². The van der Waals surface area contributed by atoms with Gasteiger partial charge in [0.25, 0.3) is 0 Å². The van der Waals surface area contributed by atoms with E-state index in [4.69, 9.17) is 4.74 Å². The van der Waals surface area contributed by atoms with Crippen molar-refractivity contribution in [3.63, 3.8) is 0 Å². The Kier molecular flexibility index (Phi) is 5.61. The summed E-state index contributed by atoms with van der Waals surface area (Å²) in [5, 5.41) is 4.21. The number of nitrogens with zero attached hydrogens (tertiary/aromatic N) is 2. The highest BCUT2D eigenvalue weighted by molar-refractivity contribution is 7.80. The molecule has 0 unspecified atom stereocenters. The number of hydrogen-bond donors (Lipinski definition) is 1. The Morgan fingerprint density at radius 1 is 1.40 bits per heavy atom. The van der Waals surface area contributed by atoms with Crippen LogP contribution in [0.25, 0.3) is 0 Å². The minimum atomic E-state index is 0.395. The summed E-state index contributed by atoms with van der Waals surface area (Å²) < 4.78 is 7.48. The van der Waals surface area contributed by atoms with Crippen molar-refractivity contribution in [2.24, 2.45) is 0 Å². The van der Waals surface area contributed by atoms with Crippen molar-refractivity contribution in [1.82, 2.24) is 9.78 Å². The van der Waals surface area contributed by atoms with E-state index in [9.17, 15) is 0 Å². The van der Waals surface area contributed by atoms with Gasteiger partial charge < -0.3 is 4.74 Å².